The number of Topliss-reactive ketones (excluding diaryl/α,β-unsaturated/α-hetero) is 1. The predicted octanol–water partition coefficient (Wildman–Crippen LogP) is 5.69. The molecule has 0 saturated carbocycles. The SMILES string of the molecule is CC(=O)c1ccc2c(c1)oc1c2ccc2c3ccccc3oc21. The van der Waals surface area contributed by atoms with Crippen LogP contribution >= 0.6 is 0 Å². The number of hydrogen-bond acceptors (Lipinski definition) is 3. The van der Waals surface area contributed by atoms with Crippen molar-refractivity contribution in [2.24, 2.45) is 0 Å². The van der Waals surface area contributed by atoms with Gasteiger partial charge in [-0.1, -0.05) is 24.3 Å². The van der Waals surface area contributed by atoms with E-state index in [4.69, 9.17) is 8.83 Å². The number of ketones is 1. The number of para-hydroxylation sites is 1. The zero-order valence-electron chi connectivity index (χ0n) is 12.4. The first-order valence-electron chi connectivity index (χ1n) is 7.50. The lowest BCUT2D eigenvalue weighted by Crippen LogP contribution is -1.89. The summed E-state index contributed by atoms with van der Waals surface area (Å²) in [6.07, 6.45) is 0. The van der Waals surface area contributed by atoms with Crippen LogP contribution in [-0.4, -0.2) is 5.78 Å². The van der Waals surface area contributed by atoms with E-state index in [2.05, 4.69) is 12.1 Å². The number of carbonyl (C=O) groups is 1. The van der Waals surface area contributed by atoms with E-state index < -0.39 is 0 Å². The van der Waals surface area contributed by atoms with E-state index in [0.717, 1.165) is 38.3 Å². The van der Waals surface area contributed by atoms with Crippen LogP contribution in [0.4, 0.5) is 0 Å². The lowest BCUT2D eigenvalue weighted by atomic mass is 10.1. The maximum atomic E-state index is 11.6. The maximum absolute atomic E-state index is 11.6. The first kappa shape index (κ1) is 12.5. The van der Waals surface area contributed by atoms with Crippen LogP contribution in [-0.2, 0) is 0 Å². The minimum atomic E-state index is 0.0289. The van der Waals surface area contributed by atoms with Gasteiger partial charge in [0, 0.05) is 27.1 Å². The molecule has 0 bridgehead atoms. The second-order valence-corrected chi connectivity index (χ2v) is 5.79. The molecule has 0 fully saturated rings. The Bertz CT molecular complexity index is 1240. The number of carbonyl (C=O) groups excluding carboxylic acids is 1. The second-order valence-electron chi connectivity index (χ2n) is 5.79. The highest BCUT2D eigenvalue weighted by Crippen LogP contribution is 2.38. The Morgan fingerprint density at radius 2 is 1.35 bits per heavy atom. The Kier molecular flexibility index (Phi) is 2.29. The van der Waals surface area contributed by atoms with Crippen molar-refractivity contribution in [1.82, 2.24) is 0 Å². The Morgan fingerprint density at radius 1 is 0.739 bits per heavy atom. The third kappa shape index (κ3) is 1.62. The van der Waals surface area contributed by atoms with Gasteiger partial charge < -0.3 is 8.83 Å². The van der Waals surface area contributed by atoms with E-state index in [-0.39, 0.29) is 5.78 Å². The Morgan fingerprint density at radius 3 is 2.09 bits per heavy atom. The summed E-state index contributed by atoms with van der Waals surface area (Å²) in [5.41, 5.74) is 3.69. The van der Waals surface area contributed by atoms with E-state index in [1.54, 1.807) is 13.0 Å². The molecule has 0 atom stereocenters. The molecule has 0 radical (unpaired) electrons. The third-order valence-electron chi connectivity index (χ3n) is 4.39. The fourth-order valence-electron chi connectivity index (χ4n) is 3.24. The summed E-state index contributed by atoms with van der Waals surface area (Å²) in [5.74, 6) is 0.0289. The van der Waals surface area contributed by atoms with Gasteiger partial charge in [-0.2, -0.15) is 0 Å². The van der Waals surface area contributed by atoms with Crippen molar-refractivity contribution in [2.75, 3.05) is 0 Å². The van der Waals surface area contributed by atoms with Crippen LogP contribution in [0.2, 0.25) is 0 Å². The van der Waals surface area contributed by atoms with E-state index >= 15 is 0 Å². The zero-order valence-corrected chi connectivity index (χ0v) is 12.4. The van der Waals surface area contributed by atoms with E-state index in [1.807, 2.05) is 36.4 Å². The fourth-order valence-corrected chi connectivity index (χ4v) is 3.24. The largest absolute Gasteiger partial charge is 0.452 e. The molecule has 0 aliphatic carbocycles. The zero-order chi connectivity index (χ0) is 15.6. The summed E-state index contributed by atoms with van der Waals surface area (Å²) in [6.45, 7) is 1.56. The highest BCUT2D eigenvalue weighted by Gasteiger charge is 2.16. The van der Waals surface area contributed by atoms with E-state index in [1.165, 1.54) is 0 Å². The highest BCUT2D eigenvalue weighted by atomic mass is 16.4. The Balaban J connectivity index is 1.96. The molecule has 110 valence electrons. The number of rotatable bonds is 1. The third-order valence-corrected chi connectivity index (χ3v) is 4.39. The molecule has 5 aromatic rings. The second kappa shape index (κ2) is 4.23. The minimum Gasteiger partial charge on any atom is -0.452 e. The molecule has 0 amide bonds. The normalized spacial score (nSPS) is 11.9. The van der Waals surface area contributed by atoms with Crippen LogP contribution in [0.5, 0.6) is 0 Å². The smallest absolute Gasteiger partial charge is 0.178 e. The molecule has 3 aromatic carbocycles. The fraction of sp³-hybridized carbons (Fsp3) is 0.0500. The summed E-state index contributed by atoms with van der Waals surface area (Å²) in [7, 11) is 0. The molecule has 23 heavy (non-hydrogen) atoms. The van der Waals surface area contributed by atoms with E-state index in [0.29, 0.717) is 11.1 Å². The number of furan rings is 2. The Labute approximate surface area is 131 Å². The van der Waals surface area contributed by atoms with Crippen molar-refractivity contribution >= 4 is 49.7 Å². The molecule has 5 rings (SSSR count). The van der Waals surface area contributed by atoms with E-state index in [9.17, 15) is 4.79 Å². The van der Waals surface area contributed by atoms with Gasteiger partial charge in [0.15, 0.2) is 16.9 Å². The monoisotopic (exact) mass is 300 g/mol. The molecule has 0 unspecified atom stereocenters. The van der Waals surface area contributed by atoms with Gasteiger partial charge in [0.2, 0.25) is 0 Å². The lowest BCUT2D eigenvalue weighted by molar-refractivity contribution is 0.101. The first-order valence-corrected chi connectivity index (χ1v) is 7.50. The average Bonchev–Trinajstić information content (AvgIpc) is 3.12. The van der Waals surface area contributed by atoms with Crippen molar-refractivity contribution in [3.8, 4) is 0 Å². The highest BCUT2D eigenvalue weighted by molar-refractivity contribution is 6.19. The Hall–Kier alpha value is -3.07. The summed E-state index contributed by atoms with van der Waals surface area (Å²) in [4.78, 5) is 11.6. The van der Waals surface area contributed by atoms with Crippen molar-refractivity contribution in [1.29, 1.82) is 0 Å². The van der Waals surface area contributed by atoms with Gasteiger partial charge in [0.05, 0.1) is 0 Å². The molecule has 0 spiro atoms. The molecule has 0 N–H and O–H groups in total. The average molecular weight is 300 g/mol. The van der Waals surface area contributed by atoms with Crippen molar-refractivity contribution in [2.45, 2.75) is 6.92 Å². The van der Waals surface area contributed by atoms with Crippen LogP contribution in [0.25, 0.3) is 43.9 Å². The van der Waals surface area contributed by atoms with Crippen LogP contribution in [0.3, 0.4) is 0 Å². The molecule has 0 aliphatic heterocycles. The molecule has 3 nitrogen and oxygen atoms in total. The topological polar surface area (TPSA) is 43.4 Å². The summed E-state index contributed by atoms with van der Waals surface area (Å²) in [6, 6.07) is 17.7. The maximum Gasteiger partial charge on any atom is 0.178 e. The van der Waals surface area contributed by atoms with Gasteiger partial charge in [-0.25, -0.2) is 0 Å². The van der Waals surface area contributed by atoms with Crippen LogP contribution in [0.1, 0.15) is 17.3 Å². The van der Waals surface area contributed by atoms with Crippen LogP contribution < -0.4 is 0 Å². The van der Waals surface area contributed by atoms with Gasteiger partial charge in [0.1, 0.15) is 11.2 Å². The van der Waals surface area contributed by atoms with Crippen LogP contribution in [0.15, 0.2) is 63.4 Å². The standard InChI is InChI=1S/C20H12O3/c1-11(21)12-6-7-14-16-9-8-15-13-4-2-3-5-17(13)22-19(15)20(16)23-18(14)10-12/h2-10H,1H3. The summed E-state index contributed by atoms with van der Waals surface area (Å²) >= 11 is 0. The first-order chi connectivity index (χ1) is 11.2. The van der Waals surface area contributed by atoms with Crippen molar-refractivity contribution in [3.63, 3.8) is 0 Å². The number of hydrogen-bond donors (Lipinski definition) is 0. The molecule has 2 heterocycles. The molecule has 0 saturated heterocycles. The van der Waals surface area contributed by atoms with Crippen molar-refractivity contribution in [3.05, 3.63) is 60.2 Å². The van der Waals surface area contributed by atoms with Gasteiger partial charge in [0.25, 0.3) is 0 Å². The van der Waals surface area contributed by atoms with Gasteiger partial charge >= 0.3 is 0 Å². The van der Waals surface area contributed by atoms with Gasteiger partial charge in [-0.15, -0.1) is 0 Å². The van der Waals surface area contributed by atoms with Crippen molar-refractivity contribution < 1.29 is 13.6 Å². The quantitative estimate of drug-likeness (QED) is 0.374. The van der Waals surface area contributed by atoms with Gasteiger partial charge in [-0.3, -0.25) is 4.79 Å². The molecule has 0 aliphatic rings. The number of fused-ring (bicyclic) bond motifs is 7. The van der Waals surface area contributed by atoms with Gasteiger partial charge in [-0.05, 0) is 37.3 Å². The predicted molar refractivity (Wildman–Crippen MR) is 91.0 cm³/mol. The molecule has 3 heteroatoms. The molecular formula is C20H12O3. The molecular weight excluding hydrogens is 288 g/mol. The summed E-state index contributed by atoms with van der Waals surface area (Å²) < 4.78 is 12.1. The minimum absolute atomic E-state index is 0.0289. The molecule has 2 aromatic heterocycles. The van der Waals surface area contributed by atoms with Crippen LogP contribution in [0, 0.1) is 0 Å². The number of benzene rings is 3. The summed E-state index contributed by atoms with van der Waals surface area (Å²) in [5, 5.41) is 4.11. The lowest BCUT2D eigenvalue weighted by Gasteiger charge is -1.94.